The van der Waals surface area contributed by atoms with Crippen molar-refractivity contribution in [1.82, 2.24) is 0 Å². The molecule has 2 aromatic carbocycles. The molecule has 0 heterocycles. The van der Waals surface area contributed by atoms with Gasteiger partial charge in [-0.25, -0.2) is 0 Å². The Labute approximate surface area is 104 Å². The van der Waals surface area contributed by atoms with Gasteiger partial charge in [0.15, 0.2) is 0 Å². The molecule has 0 aliphatic heterocycles. The fraction of sp³-hybridized carbons (Fsp3) is 0.250. The van der Waals surface area contributed by atoms with Gasteiger partial charge in [-0.2, -0.15) is 0 Å². The SMILES string of the molecule is Cc1ccccc1C(C)C.Nc1ccccc1. The smallest absolute Gasteiger partial charge is 0.0313 e. The fourth-order valence-electron chi connectivity index (χ4n) is 1.69. The van der Waals surface area contributed by atoms with Crippen LogP contribution in [0.5, 0.6) is 0 Å². The zero-order valence-corrected chi connectivity index (χ0v) is 10.9. The van der Waals surface area contributed by atoms with E-state index in [9.17, 15) is 0 Å². The molecule has 0 aliphatic carbocycles. The molecule has 0 aromatic heterocycles. The molecule has 2 N–H and O–H groups in total. The molecule has 0 aliphatic rings. The lowest BCUT2D eigenvalue weighted by atomic mass is 9.99. The molecule has 0 unspecified atom stereocenters. The lowest BCUT2D eigenvalue weighted by Crippen LogP contribution is -1.89. The third kappa shape index (κ3) is 4.73. The van der Waals surface area contributed by atoms with Crippen LogP contribution in [-0.4, -0.2) is 0 Å². The standard InChI is InChI=1S/C10H14.C6H7N/c1-8(2)10-7-5-4-6-9(10)3;7-6-4-2-1-3-5-6/h4-8H,1-3H3;1-5H,7H2. The highest BCUT2D eigenvalue weighted by molar-refractivity contribution is 5.35. The summed E-state index contributed by atoms with van der Waals surface area (Å²) >= 11 is 0. The first-order valence-electron chi connectivity index (χ1n) is 5.97. The molecule has 0 radical (unpaired) electrons. The average Bonchev–Trinajstić information content (AvgIpc) is 2.31. The van der Waals surface area contributed by atoms with Crippen molar-refractivity contribution < 1.29 is 0 Å². The van der Waals surface area contributed by atoms with Gasteiger partial charge in [0.05, 0.1) is 0 Å². The van der Waals surface area contributed by atoms with E-state index in [1.807, 2.05) is 30.3 Å². The molecule has 0 bridgehead atoms. The second kappa shape index (κ2) is 6.74. The largest absolute Gasteiger partial charge is 0.399 e. The molecule has 0 saturated carbocycles. The highest BCUT2D eigenvalue weighted by Crippen LogP contribution is 2.17. The normalized spacial score (nSPS) is 9.65. The van der Waals surface area contributed by atoms with Gasteiger partial charge >= 0.3 is 0 Å². The van der Waals surface area contributed by atoms with Crippen molar-refractivity contribution >= 4 is 5.69 Å². The molecular weight excluding hydrogens is 206 g/mol. The van der Waals surface area contributed by atoms with Crippen LogP contribution in [0.4, 0.5) is 5.69 Å². The van der Waals surface area contributed by atoms with E-state index < -0.39 is 0 Å². The summed E-state index contributed by atoms with van der Waals surface area (Å²) in [6.07, 6.45) is 0. The third-order valence-corrected chi connectivity index (χ3v) is 2.61. The van der Waals surface area contributed by atoms with Crippen molar-refractivity contribution in [2.45, 2.75) is 26.7 Å². The molecule has 90 valence electrons. The first-order valence-corrected chi connectivity index (χ1v) is 5.97. The van der Waals surface area contributed by atoms with Crippen molar-refractivity contribution in [3.63, 3.8) is 0 Å². The minimum Gasteiger partial charge on any atom is -0.399 e. The summed E-state index contributed by atoms with van der Waals surface area (Å²) in [4.78, 5) is 0. The molecule has 0 spiro atoms. The molecule has 0 saturated heterocycles. The Kier molecular flexibility index (Phi) is 5.28. The van der Waals surface area contributed by atoms with Gasteiger partial charge in [-0.1, -0.05) is 56.3 Å². The van der Waals surface area contributed by atoms with Crippen LogP contribution >= 0.6 is 0 Å². The van der Waals surface area contributed by atoms with Crippen LogP contribution in [0.1, 0.15) is 30.9 Å². The van der Waals surface area contributed by atoms with Crippen molar-refractivity contribution in [3.8, 4) is 0 Å². The van der Waals surface area contributed by atoms with Gasteiger partial charge in [0.2, 0.25) is 0 Å². The Balaban J connectivity index is 0.000000181. The molecular formula is C16H21N. The van der Waals surface area contributed by atoms with Gasteiger partial charge in [-0.05, 0) is 36.1 Å². The Morgan fingerprint density at radius 1 is 0.824 bits per heavy atom. The summed E-state index contributed by atoms with van der Waals surface area (Å²) in [5, 5.41) is 0. The van der Waals surface area contributed by atoms with E-state index >= 15 is 0 Å². The van der Waals surface area contributed by atoms with Crippen LogP contribution < -0.4 is 5.73 Å². The molecule has 0 atom stereocenters. The van der Waals surface area contributed by atoms with E-state index in [1.54, 1.807) is 0 Å². The van der Waals surface area contributed by atoms with Crippen LogP contribution in [-0.2, 0) is 0 Å². The molecule has 0 amide bonds. The first kappa shape index (κ1) is 13.3. The van der Waals surface area contributed by atoms with Gasteiger partial charge < -0.3 is 5.73 Å². The van der Waals surface area contributed by atoms with Crippen LogP contribution in [0.25, 0.3) is 0 Å². The Bertz CT molecular complexity index is 432. The number of nitrogen functional groups attached to an aromatic ring is 1. The van der Waals surface area contributed by atoms with Gasteiger partial charge in [0.25, 0.3) is 0 Å². The molecule has 17 heavy (non-hydrogen) atoms. The van der Waals surface area contributed by atoms with Crippen LogP contribution in [0.15, 0.2) is 54.6 Å². The first-order chi connectivity index (χ1) is 8.11. The number of aryl methyl sites for hydroxylation is 1. The fourth-order valence-corrected chi connectivity index (χ4v) is 1.69. The highest BCUT2D eigenvalue weighted by atomic mass is 14.5. The summed E-state index contributed by atoms with van der Waals surface area (Å²) in [6, 6.07) is 18.0. The Morgan fingerprint density at radius 2 is 1.35 bits per heavy atom. The van der Waals surface area contributed by atoms with Crippen LogP contribution in [0.3, 0.4) is 0 Å². The van der Waals surface area contributed by atoms with Gasteiger partial charge in [0, 0.05) is 5.69 Å². The number of anilines is 1. The summed E-state index contributed by atoms with van der Waals surface area (Å²) in [6.45, 7) is 6.61. The van der Waals surface area contributed by atoms with Crippen molar-refractivity contribution in [3.05, 3.63) is 65.7 Å². The molecule has 1 heteroatoms. The van der Waals surface area contributed by atoms with E-state index in [4.69, 9.17) is 5.73 Å². The molecule has 2 rings (SSSR count). The van der Waals surface area contributed by atoms with Crippen molar-refractivity contribution in [1.29, 1.82) is 0 Å². The maximum atomic E-state index is 5.36. The number of para-hydroxylation sites is 1. The predicted molar refractivity (Wildman–Crippen MR) is 76.1 cm³/mol. The van der Waals surface area contributed by atoms with E-state index in [0.29, 0.717) is 5.92 Å². The summed E-state index contributed by atoms with van der Waals surface area (Å²) in [5.41, 5.74) is 9.04. The number of hydrogen-bond donors (Lipinski definition) is 1. The molecule has 0 fully saturated rings. The zero-order valence-electron chi connectivity index (χ0n) is 10.9. The maximum absolute atomic E-state index is 5.36. The van der Waals surface area contributed by atoms with Gasteiger partial charge in [-0.15, -0.1) is 0 Å². The summed E-state index contributed by atoms with van der Waals surface area (Å²) < 4.78 is 0. The molecule has 1 nitrogen and oxygen atoms in total. The van der Waals surface area contributed by atoms with E-state index in [-0.39, 0.29) is 0 Å². The second-order valence-corrected chi connectivity index (χ2v) is 4.42. The Hall–Kier alpha value is -1.76. The number of benzene rings is 2. The van der Waals surface area contributed by atoms with Crippen LogP contribution in [0.2, 0.25) is 0 Å². The third-order valence-electron chi connectivity index (χ3n) is 2.61. The minimum absolute atomic E-state index is 0.654. The van der Waals surface area contributed by atoms with Gasteiger partial charge in [0.1, 0.15) is 0 Å². The number of hydrogen-bond acceptors (Lipinski definition) is 1. The lowest BCUT2D eigenvalue weighted by molar-refractivity contribution is 0.856. The molecule has 2 aromatic rings. The highest BCUT2D eigenvalue weighted by Gasteiger charge is 1.99. The number of nitrogens with two attached hydrogens (primary N) is 1. The van der Waals surface area contributed by atoms with Crippen LogP contribution in [0, 0.1) is 6.92 Å². The maximum Gasteiger partial charge on any atom is 0.0313 e. The quantitative estimate of drug-likeness (QED) is 0.718. The zero-order chi connectivity index (χ0) is 12.7. The van der Waals surface area contributed by atoms with Gasteiger partial charge in [-0.3, -0.25) is 0 Å². The topological polar surface area (TPSA) is 26.0 Å². The van der Waals surface area contributed by atoms with E-state index in [1.165, 1.54) is 11.1 Å². The van der Waals surface area contributed by atoms with Crippen molar-refractivity contribution in [2.75, 3.05) is 5.73 Å². The van der Waals surface area contributed by atoms with Crippen molar-refractivity contribution in [2.24, 2.45) is 0 Å². The summed E-state index contributed by atoms with van der Waals surface area (Å²) in [7, 11) is 0. The predicted octanol–water partition coefficient (Wildman–Crippen LogP) is 4.39. The second-order valence-electron chi connectivity index (χ2n) is 4.42. The minimum atomic E-state index is 0.654. The average molecular weight is 227 g/mol. The monoisotopic (exact) mass is 227 g/mol. The lowest BCUT2D eigenvalue weighted by Gasteiger charge is -2.07. The number of rotatable bonds is 1. The van der Waals surface area contributed by atoms with E-state index in [0.717, 1.165) is 5.69 Å². The van der Waals surface area contributed by atoms with E-state index in [2.05, 4.69) is 45.0 Å². The summed E-state index contributed by atoms with van der Waals surface area (Å²) in [5.74, 6) is 0.654. The Morgan fingerprint density at radius 3 is 1.71 bits per heavy atom.